The predicted molar refractivity (Wildman–Crippen MR) is 123 cm³/mol. The van der Waals surface area contributed by atoms with Crippen LogP contribution in [0.5, 0.6) is 5.75 Å². The minimum absolute atomic E-state index is 0.0164. The first-order valence-electron chi connectivity index (χ1n) is 9.74. The van der Waals surface area contributed by atoms with Crippen LogP contribution in [-0.2, 0) is 19.1 Å². The van der Waals surface area contributed by atoms with Crippen molar-refractivity contribution in [2.24, 2.45) is 5.10 Å². The van der Waals surface area contributed by atoms with E-state index in [2.05, 4.69) is 35.3 Å². The number of phenols is 1. The fourth-order valence-corrected chi connectivity index (χ4v) is 2.92. The van der Waals surface area contributed by atoms with Gasteiger partial charge in [0.2, 0.25) is 5.71 Å². The number of esters is 2. The number of ether oxygens (including phenoxy) is 2. The predicted octanol–water partition coefficient (Wildman–Crippen LogP) is -0.0136. The Labute approximate surface area is 199 Å². The molecule has 186 valence electrons. The molecule has 0 bridgehead atoms. The number of hydrogen-bond donors (Lipinski definition) is 6. The summed E-state index contributed by atoms with van der Waals surface area (Å²) in [4.78, 5) is 75.6. The van der Waals surface area contributed by atoms with Gasteiger partial charge in [-0.15, -0.1) is 0 Å². The highest BCUT2D eigenvalue weighted by Gasteiger charge is 2.23. The Kier molecular flexibility index (Phi) is 7.13. The van der Waals surface area contributed by atoms with Crippen LogP contribution in [0.1, 0.15) is 20.7 Å². The number of carboxylic acids is 1. The highest BCUT2D eigenvalue weighted by molar-refractivity contribution is 6.65. The number of nitrogens with one attached hydrogen (secondary N) is 4. The molecule has 3 rings (SSSR count). The van der Waals surface area contributed by atoms with Gasteiger partial charge in [-0.25, -0.2) is 14.4 Å². The molecule has 36 heavy (non-hydrogen) atoms. The Bertz CT molecular complexity index is 1550. The minimum atomic E-state index is -1.79. The average molecular weight is 499 g/mol. The van der Waals surface area contributed by atoms with E-state index in [1.165, 1.54) is 12.1 Å². The number of hydrazone groups is 1. The second-order valence-electron chi connectivity index (χ2n) is 6.90. The lowest BCUT2D eigenvalue weighted by molar-refractivity contribution is -0.130. The summed E-state index contributed by atoms with van der Waals surface area (Å²) in [6.45, 7) is 0. The first-order chi connectivity index (χ1) is 17.0. The van der Waals surface area contributed by atoms with Crippen LogP contribution in [0, 0.1) is 0 Å². The maximum absolute atomic E-state index is 12.6. The summed E-state index contributed by atoms with van der Waals surface area (Å²) in [7, 11) is 2.22. The second-order valence-corrected chi connectivity index (χ2v) is 6.90. The first-order valence-corrected chi connectivity index (χ1v) is 9.74. The quantitative estimate of drug-likeness (QED) is 0.0632. The van der Waals surface area contributed by atoms with Gasteiger partial charge in [-0.1, -0.05) is 0 Å². The van der Waals surface area contributed by atoms with E-state index in [1.54, 1.807) is 0 Å². The lowest BCUT2D eigenvalue weighted by atomic mass is 10.1. The van der Waals surface area contributed by atoms with Gasteiger partial charge in [0.25, 0.3) is 5.91 Å². The molecule has 3 aromatic rings. The molecule has 2 aromatic carbocycles. The van der Waals surface area contributed by atoms with Crippen molar-refractivity contribution >= 4 is 51.9 Å². The Morgan fingerprint density at radius 2 is 1.50 bits per heavy atom. The molecule has 0 saturated heterocycles. The third-order valence-corrected chi connectivity index (χ3v) is 4.64. The topological polar surface area (TPSA) is 229 Å². The van der Waals surface area contributed by atoms with Gasteiger partial charge in [0.05, 0.1) is 47.8 Å². The number of phenolic OH excluding ortho intramolecular Hbond substituents is 1. The number of amides is 1. The molecule has 15 nitrogen and oxygen atoms in total. The van der Waals surface area contributed by atoms with Gasteiger partial charge in [0, 0.05) is 6.07 Å². The van der Waals surface area contributed by atoms with E-state index in [0.717, 1.165) is 32.4 Å². The molecule has 0 atom stereocenters. The number of aromatic hydroxyl groups is 1. The normalized spacial score (nSPS) is 11.0. The number of H-pyrrole nitrogens is 2. The number of methoxy groups -OCH3 is 2. The van der Waals surface area contributed by atoms with Crippen molar-refractivity contribution in [2.45, 2.75) is 0 Å². The smallest absolute Gasteiger partial charge is 0.362 e. The van der Waals surface area contributed by atoms with E-state index in [1.807, 2.05) is 0 Å². The van der Waals surface area contributed by atoms with Crippen molar-refractivity contribution in [2.75, 3.05) is 25.0 Å². The summed E-state index contributed by atoms with van der Waals surface area (Å²) in [5.74, 6) is -5.27. The standard InChI is InChI=1S/C21H17N5O10/c1-35-20(33)8-3-4-9(21(34)36-2)10(5-8)25-26-15(19(31)32)16(28)24-13-6-11-12(7-14(13)27)23-18(30)17(29)22-11/h3-7,25,27H,1-2H3,(H,22,29)(H,23,30)(H,24,28)(H,31,32). The number of nitrogens with zero attached hydrogens (tertiary/aromatic N) is 1. The maximum Gasteiger partial charge on any atom is 0.362 e. The van der Waals surface area contributed by atoms with Gasteiger partial charge in [-0.3, -0.25) is 19.8 Å². The lowest BCUT2D eigenvalue weighted by Crippen LogP contribution is -2.31. The molecule has 1 heterocycles. The number of fused-ring (bicyclic) bond motifs is 1. The van der Waals surface area contributed by atoms with Gasteiger partial charge in [-0.2, -0.15) is 5.10 Å². The van der Waals surface area contributed by atoms with E-state index < -0.39 is 46.4 Å². The van der Waals surface area contributed by atoms with Crippen LogP contribution < -0.4 is 21.9 Å². The summed E-state index contributed by atoms with van der Waals surface area (Å²) >= 11 is 0. The van der Waals surface area contributed by atoms with E-state index in [9.17, 15) is 39.0 Å². The van der Waals surface area contributed by atoms with Crippen LogP contribution in [0.2, 0.25) is 0 Å². The van der Waals surface area contributed by atoms with E-state index >= 15 is 0 Å². The number of hydrogen-bond acceptors (Lipinski definition) is 11. The zero-order valence-corrected chi connectivity index (χ0v) is 18.5. The number of benzene rings is 2. The van der Waals surface area contributed by atoms with Crippen molar-refractivity contribution in [3.05, 3.63) is 62.2 Å². The Balaban J connectivity index is 1.96. The Morgan fingerprint density at radius 1 is 0.889 bits per heavy atom. The lowest BCUT2D eigenvalue weighted by Gasteiger charge is -2.11. The molecule has 15 heteroatoms. The number of anilines is 2. The van der Waals surface area contributed by atoms with Gasteiger partial charge < -0.3 is 35.0 Å². The van der Waals surface area contributed by atoms with Crippen LogP contribution in [-0.4, -0.2) is 63.9 Å². The summed E-state index contributed by atoms with van der Waals surface area (Å²) in [6.07, 6.45) is 0. The molecule has 1 amide bonds. The number of aromatic amines is 2. The summed E-state index contributed by atoms with van der Waals surface area (Å²) in [5.41, 5.74) is -1.38. The monoisotopic (exact) mass is 499 g/mol. The molecule has 0 unspecified atom stereocenters. The highest BCUT2D eigenvalue weighted by Crippen LogP contribution is 2.27. The van der Waals surface area contributed by atoms with Crippen LogP contribution in [0.3, 0.4) is 0 Å². The molecule has 0 aliphatic carbocycles. The number of carbonyl (C=O) groups is 4. The third kappa shape index (κ3) is 5.19. The first kappa shape index (κ1) is 25.2. The SMILES string of the molecule is COC(=O)c1ccc(C(=O)OC)c(NN=C(C(=O)O)C(=O)Nc2cc3[nH]c(=O)c(=O)[nH]c3cc2O)c1. The molecule has 1 aromatic heterocycles. The summed E-state index contributed by atoms with van der Waals surface area (Å²) in [5, 5.41) is 25.3. The largest absolute Gasteiger partial charge is 0.506 e. The number of aromatic nitrogens is 2. The molecule has 0 radical (unpaired) electrons. The number of rotatable bonds is 7. The molecule has 0 fully saturated rings. The number of carbonyl (C=O) groups excluding carboxylic acids is 3. The highest BCUT2D eigenvalue weighted by atomic mass is 16.5. The molecular weight excluding hydrogens is 482 g/mol. The zero-order chi connectivity index (χ0) is 26.6. The Morgan fingerprint density at radius 3 is 2.08 bits per heavy atom. The van der Waals surface area contributed by atoms with Gasteiger partial charge in [0.15, 0.2) is 0 Å². The van der Waals surface area contributed by atoms with Crippen molar-refractivity contribution in [3.8, 4) is 5.75 Å². The minimum Gasteiger partial charge on any atom is -0.506 e. The number of aliphatic carboxylic acids is 1. The van der Waals surface area contributed by atoms with Crippen LogP contribution in [0.15, 0.2) is 45.0 Å². The van der Waals surface area contributed by atoms with E-state index in [4.69, 9.17) is 0 Å². The van der Waals surface area contributed by atoms with Crippen LogP contribution in [0.4, 0.5) is 11.4 Å². The van der Waals surface area contributed by atoms with E-state index in [-0.39, 0.29) is 33.5 Å². The third-order valence-electron chi connectivity index (χ3n) is 4.64. The van der Waals surface area contributed by atoms with E-state index in [0.29, 0.717) is 0 Å². The molecule has 0 aliphatic heterocycles. The van der Waals surface area contributed by atoms with Crippen molar-refractivity contribution in [1.29, 1.82) is 0 Å². The fraction of sp³-hybridized carbons (Fsp3) is 0.0952. The summed E-state index contributed by atoms with van der Waals surface area (Å²) < 4.78 is 9.23. The second kappa shape index (κ2) is 10.2. The summed E-state index contributed by atoms with van der Waals surface area (Å²) in [6, 6.07) is 5.71. The van der Waals surface area contributed by atoms with Crippen LogP contribution >= 0.6 is 0 Å². The fourth-order valence-electron chi connectivity index (χ4n) is 2.92. The molecule has 0 aliphatic rings. The van der Waals surface area contributed by atoms with Crippen molar-refractivity contribution < 1.29 is 38.9 Å². The van der Waals surface area contributed by atoms with Gasteiger partial charge in [-0.05, 0) is 24.3 Å². The maximum atomic E-state index is 12.6. The zero-order valence-electron chi connectivity index (χ0n) is 18.5. The van der Waals surface area contributed by atoms with Crippen molar-refractivity contribution in [1.82, 2.24) is 9.97 Å². The Hall–Kier alpha value is -5.47. The molecule has 0 spiro atoms. The average Bonchev–Trinajstić information content (AvgIpc) is 2.84. The molecule has 6 N–H and O–H groups in total. The van der Waals surface area contributed by atoms with Crippen molar-refractivity contribution in [3.63, 3.8) is 0 Å². The molecule has 0 saturated carbocycles. The van der Waals surface area contributed by atoms with Gasteiger partial charge in [0.1, 0.15) is 5.75 Å². The molecular formula is C21H17N5O10. The van der Waals surface area contributed by atoms with Gasteiger partial charge >= 0.3 is 29.0 Å². The van der Waals surface area contributed by atoms with Crippen LogP contribution in [0.25, 0.3) is 11.0 Å². The number of carboxylic acid groups (broad SMARTS) is 1.